The van der Waals surface area contributed by atoms with Gasteiger partial charge in [-0.1, -0.05) is 54.6 Å². The highest BCUT2D eigenvalue weighted by Crippen LogP contribution is 2.50. The van der Waals surface area contributed by atoms with Gasteiger partial charge in [0.2, 0.25) is 0 Å². The van der Waals surface area contributed by atoms with E-state index in [9.17, 15) is 9.59 Å². The Hall–Kier alpha value is -2.88. The Balaban J connectivity index is 1.32. The molecule has 168 valence electrons. The van der Waals surface area contributed by atoms with E-state index in [1.54, 1.807) is 0 Å². The number of fused-ring (bicyclic) bond motifs is 2. The number of unbranched alkanes of at least 4 members (excludes halogenated alkanes) is 1. The third-order valence-corrected chi connectivity index (χ3v) is 7.19. The van der Waals surface area contributed by atoms with Crippen molar-refractivity contribution in [1.29, 1.82) is 0 Å². The van der Waals surface area contributed by atoms with Gasteiger partial charge in [0, 0.05) is 18.0 Å². The zero-order valence-corrected chi connectivity index (χ0v) is 18.8. The van der Waals surface area contributed by atoms with E-state index >= 15 is 0 Å². The number of carbonyl (C=O) groups is 2. The first-order valence-electron chi connectivity index (χ1n) is 11.8. The minimum Gasteiger partial charge on any atom is -0.469 e. The molecular weight excluding hydrogens is 398 g/mol. The number of methoxy groups -OCH3 is 1. The Kier molecular flexibility index (Phi) is 7.41. The van der Waals surface area contributed by atoms with Crippen LogP contribution < -0.4 is 5.32 Å². The van der Waals surface area contributed by atoms with E-state index < -0.39 is 0 Å². The van der Waals surface area contributed by atoms with Gasteiger partial charge in [0.15, 0.2) is 0 Å². The monoisotopic (exact) mass is 431 g/mol. The van der Waals surface area contributed by atoms with E-state index in [1.165, 1.54) is 26.4 Å². The molecular formula is C28H33NO3. The molecule has 2 aliphatic rings. The number of nitrogens with one attached hydrogen (secondary N) is 1. The number of rotatable bonds is 9. The van der Waals surface area contributed by atoms with Crippen molar-refractivity contribution in [3.63, 3.8) is 0 Å². The van der Waals surface area contributed by atoms with Crippen LogP contribution in [0.4, 0.5) is 0 Å². The number of amides is 1. The highest BCUT2D eigenvalue weighted by Gasteiger charge is 2.47. The number of carbonyl (C=O) groups excluding carboxylic acids is 2. The van der Waals surface area contributed by atoms with Crippen LogP contribution in [0.1, 0.15) is 55.3 Å². The van der Waals surface area contributed by atoms with Gasteiger partial charge in [0.25, 0.3) is 5.91 Å². The molecule has 2 aromatic rings. The zero-order chi connectivity index (χ0) is 22.3. The van der Waals surface area contributed by atoms with Crippen LogP contribution in [0.3, 0.4) is 0 Å². The second kappa shape index (κ2) is 10.6. The maximum Gasteiger partial charge on any atom is 0.305 e. The topological polar surface area (TPSA) is 55.4 Å². The highest BCUT2D eigenvalue weighted by molar-refractivity contribution is 5.95. The molecule has 4 nitrogen and oxygen atoms in total. The summed E-state index contributed by atoms with van der Waals surface area (Å²) in [4.78, 5) is 24.2. The number of esters is 1. The van der Waals surface area contributed by atoms with Crippen molar-refractivity contribution in [3.8, 4) is 11.1 Å². The van der Waals surface area contributed by atoms with E-state index in [0.717, 1.165) is 36.0 Å². The minimum absolute atomic E-state index is 0.0363. The lowest BCUT2D eigenvalue weighted by atomic mass is 9.82. The third kappa shape index (κ3) is 5.29. The average Bonchev–Trinajstić information content (AvgIpc) is 3.44. The van der Waals surface area contributed by atoms with E-state index in [4.69, 9.17) is 0 Å². The van der Waals surface area contributed by atoms with E-state index in [2.05, 4.69) is 34.3 Å². The summed E-state index contributed by atoms with van der Waals surface area (Å²) in [6.45, 7) is 0. The second-order valence-corrected chi connectivity index (χ2v) is 9.12. The Labute approximate surface area is 191 Å². The minimum atomic E-state index is -0.147. The lowest BCUT2D eigenvalue weighted by Gasteiger charge is -2.31. The van der Waals surface area contributed by atoms with Crippen molar-refractivity contribution in [1.82, 2.24) is 5.32 Å². The number of allylic oxidation sites excluding steroid dienone is 2. The summed E-state index contributed by atoms with van der Waals surface area (Å²) < 4.78 is 4.68. The molecule has 0 aromatic heterocycles. The Morgan fingerprint density at radius 1 is 0.969 bits per heavy atom. The molecule has 0 heterocycles. The first-order valence-corrected chi connectivity index (χ1v) is 11.8. The van der Waals surface area contributed by atoms with Gasteiger partial charge in [-0.15, -0.1) is 0 Å². The van der Waals surface area contributed by atoms with Crippen LogP contribution >= 0.6 is 0 Å². The average molecular weight is 432 g/mol. The smallest absolute Gasteiger partial charge is 0.305 e. The Morgan fingerprint density at radius 2 is 1.69 bits per heavy atom. The third-order valence-electron chi connectivity index (χ3n) is 7.19. The summed E-state index contributed by atoms with van der Waals surface area (Å²) in [5.41, 5.74) is 3.01. The van der Waals surface area contributed by atoms with Gasteiger partial charge in [0.1, 0.15) is 0 Å². The molecule has 2 aromatic carbocycles. The summed E-state index contributed by atoms with van der Waals surface area (Å²) in [5.74, 6) is 1.72. The van der Waals surface area contributed by atoms with Crippen molar-refractivity contribution >= 4 is 11.9 Å². The molecule has 2 saturated carbocycles. The summed E-state index contributed by atoms with van der Waals surface area (Å²) in [6.07, 6.45) is 11.3. The molecule has 2 aliphatic carbocycles. The molecule has 0 aliphatic heterocycles. The van der Waals surface area contributed by atoms with Gasteiger partial charge in [-0.2, -0.15) is 0 Å². The van der Waals surface area contributed by atoms with Crippen LogP contribution in [-0.4, -0.2) is 25.0 Å². The molecule has 32 heavy (non-hydrogen) atoms. The zero-order valence-electron chi connectivity index (χ0n) is 18.8. The summed E-state index contributed by atoms with van der Waals surface area (Å²) >= 11 is 0. The van der Waals surface area contributed by atoms with Gasteiger partial charge in [0.05, 0.1) is 7.11 Å². The van der Waals surface area contributed by atoms with Crippen molar-refractivity contribution in [2.24, 2.45) is 17.8 Å². The standard InChI is InChI=1S/C28H33NO3/c1-32-26(30)12-8-3-2-7-11-25-23-17-18-24(19-23)27(25)29-28(31)22-15-13-21(14-16-22)20-9-5-4-6-10-20/h2,4-7,9-10,13-16,23-25,27H,3,8,11-12,17-19H2,1H3,(H,29,31)/t23-,24+,25+,27+/m0/s1. The fourth-order valence-corrected chi connectivity index (χ4v) is 5.49. The maximum absolute atomic E-state index is 13.0. The van der Waals surface area contributed by atoms with Crippen molar-refractivity contribution in [3.05, 3.63) is 72.3 Å². The lowest BCUT2D eigenvalue weighted by molar-refractivity contribution is -0.140. The molecule has 2 bridgehead atoms. The molecule has 0 saturated heterocycles. The number of benzene rings is 2. The van der Waals surface area contributed by atoms with E-state index in [1.807, 2.05) is 42.5 Å². The fraction of sp³-hybridized carbons (Fsp3) is 0.429. The van der Waals surface area contributed by atoms with Crippen LogP contribution in [0, 0.1) is 17.8 Å². The normalized spacial score (nSPS) is 24.0. The number of hydrogen-bond acceptors (Lipinski definition) is 3. The van der Waals surface area contributed by atoms with E-state index in [0.29, 0.717) is 24.2 Å². The van der Waals surface area contributed by atoms with Crippen LogP contribution in [0.5, 0.6) is 0 Å². The van der Waals surface area contributed by atoms with Gasteiger partial charge in [-0.3, -0.25) is 9.59 Å². The summed E-state index contributed by atoms with van der Waals surface area (Å²) in [6, 6.07) is 18.4. The first-order chi connectivity index (χ1) is 15.7. The van der Waals surface area contributed by atoms with Crippen LogP contribution in [0.25, 0.3) is 11.1 Å². The largest absolute Gasteiger partial charge is 0.469 e. The summed E-state index contributed by atoms with van der Waals surface area (Å²) in [7, 11) is 1.43. The number of ether oxygens (including phenoxy) is 1. The van der Waals surface area contributed by atoms with E-state index in [-0.39, 0.29) is 17.9 Å². The van der Waals surface area contributed by atoms with Gasteiger partial charge in [-0.05, 0) is 79.5 Å². The summed E-state index contributed by atoms with van der Waals surface area (Å²) in [5, 5.41) is 3.38. The van der Waals surface area contributed by atoms with Crippen molar-refractivity contribution < 1.29 is 14.3 Å². The molecule has 1 N–H and O–H groups in total. The molecule has 0 radical (unpaired) electrons. The lowest BCUT2D eigenvalue weighted by Crippen LogP contribution is -2.43. The highest BCUT2D eigenvalue weighted by atomic mass is 16.5. The van der Waals surface area contributed by atoms with Crippen molar-refractivity contribution in [2.75, 3.05) is 7.11 Å². The van der Waals surface area contributed by atoms with Crippen LogP contribution in [-0.2, 0) is 9.53 Å². The van der Waals surface area contributed by atoms with Crippen molar-refractivity contribution in [2.45, 2.75) is 51.0 Å². The number of hydrogen-bond donors (Lipinski definition) is 1. The molecule has 0 spiro atoms. The molecule has 2 fully saturated rings. The molecule has 4 rings (SSSR count). The molecule has 0 unspecified atom stereocenters. The molecule has 4 atom stereocenters. The SMILES string of the molecule is COC(=O)CCCC=CC[C@@H]1[C@H]2CC[C@H](C2)[C@H]1NC(=O)c1ccc(-c2ccccc2)cc1. The van der Waals surface area contributed by atoms with Crippen LogP contribution in [0.2, 0.25) is 0 Å². The molecule has 1 amide bonds. The van der Waals surface area contributed by atoms with Gasteiger partial charge >= 0.3 is 5.97 Å². The Bertz CT molecular complexity index is 935. The van der Waals surface area contributed by atoms with Crippen LogP contribution in [0.15, 0.2) is 66.7 Å². The molecule has 4 heteroatoms. The van der Waals surface area contributed by atoms with Gasteiger partial charge in [-0.25, -0.2) is 0 Å². The Morgan fingerprint density at radius 3 is 2.44 bits per heavy atom. The first kappa shape index (κ1) is 22.3. The fourth-order valence-electron chi connectivity index (χ4n) is 5.49. The second-order valence-electron chi connectivity index (χ2n) is 9.12. The maximum atomic E-state index is 13.0. The van der Waals surface area contributed by atoms with Gasteiger partial charge < -0.3 is 10.1 Å². The quantitative estimate of drug-likeness (QED) is 0.311. The predicted molar refractivity (Wildman–Crippen MR) is 127 cm³/mol. The predicted octanol–water partition coefficient (Wildman–Crippen LogP) is 5.79.